The SMILES string of the molecule is CN1CCC(c2ccc(Cc3nc(-c4cc(F)cc(N5CCc6c(sc7c6CCCC7)C5=O)c4CO)cn(C)c3=O)nc2)CC1. The molecule has 1 aromatic carbocycles. The molecule has 4 aromatic rings. The minimum absolute atomic E-state index is 0.147. The Morgan fingerprint density at radius 1 is 1.02 bits per heavy atom. The predicted octanol–water partition coefficient (Wildman–Crippen LogP) is 5.02. The lowest BCUT2D eigenvalue weighted by Gasteiger charge is -2.30. The number of aliphatic hydroxyl groups is 1. The Bertz CT molecular complexity index is 1820. The number of nitrogens with zero attached hydrogens (tertiary/aromatic N) is 5. The van der Waals surface area contributed by atoms with Crippen LogP contribution in [0.25, 0.3) is 11.3 Å². The van der Waals surface area contributed by atoms with Crippen LogP contribution in [0.4, 0.5) is 10.1 Å². The van der Waals surface area contributed by atoms with Crippen LogP contribution < -0.4 is 10.5 Å². The average molecular weight is 628 g/mol. The first kappa shape index (κ1) is 30.0. The number of piperidine rings is 1. The van der Waals surface area contributed by atoms with E-state index < -0.39 is 12.4 Å². The molecule has 0 atom stereocenters. The summed E-state index contributed by atoms with van der Waals surface area (Å²) in [6.07, 6.45) is 10.9. The number of pyridine rings is 1. The number of carbonyl (C=O) groups excluding carboxylic acids is 1. The van der Waals surface area contributed by atoms with Crippen molar-refractivity contribution in [3.05, 3.63) is 96.2 Å². The van der Waals surface area contributed by atoms with Gasteiger partial charge >= 0.3 is 0 Å². The predicted molar refractivity (Wildman–Crippen MR) is 174 cm³/mol. The van der Waals surface area contributed by atoms with Crippen molar-refractivity contribution in [1.82, 2.24) is 19.4 Å². The first-order valence-electron chi connectivity index (χ1n) is 15.9. The molecule has 0 radical (unpaired) electrons. The maximum absolute atomic E-state index is 15.3. The Hall–Kier alpha value is -3.73. The zero-order valence-electron chi connectivity index (χ0n) is 25.8. The summed E-state index contributed by atoms with van der Waals surface area (Å²) in [6.45, 7) is 2.14. The molecule has 8 nitrogen and oxygen atoms in total. The molecule has 234 valence electrons. The van der Waals surface area contributed by atoms with Crippen molar-refractivity contribution in [2.45, 2.75) is 63.9 Å². The lowest BCUT2D eigenvalue weighted by molar-refractivity contribution is 0.0984. The number of aliphatic hydroxyl groups excluding tert-OH is 1. The molecule has 0 saturated carbocycles. The van der Waals surface area contributed by atoms with E-state index in [2.05, 4.69) is 23.0 Å². The van der Waals surface area contributed by atoms with Crippen molar-refractivity contribution in [2.24, 2.45) is 7.05 Å². The van der Waals surface area contributed by atoms with Gasteiger partial charge in [-0.15, -0.1) is 11.3 Å². The number of fused-ring (bicyclic) bond motifs is 3. The molecular formula is C35H38FN5O3S. The van der Waals surface area contributed by atoms with Crippen LogP contribution in [0.1, 0.15) is 79.8 Å². The van der Waals surface area contributed by atoms with Crippen LogP contribution in [0.15, 0.2) is 41.5 Å². The number of rotatable bonds is 6. The average Bonchev–Trinajstić information content (AvgIpc) is 3.43. The summed E-state index contributed by atoms with van der Waals surface area (Å²) in [4.78, 5) is 42.3. The van der Waals surface area contributed by atoms with Crippen molar-refractivity contribution in [3.8, 4) is 11.3 Å². The van der Waals surface area contributed by atoms with Gasteiger partial charge in [0.2, 0.25) is 0 Å². The summed E-state index contributed by atoms with van der Waals surface area (Å²) in [5.41, 5.74) is 5.92. The maximum Gasteiger partial charge on any atom is 0.272 e. The molecule has 0 spiro atoms. The molecule has 1 amide bonds. The molecular weight excluding hydrogens is 589 g/mol. The molecule has 10 heteroatoms. The van der Waals surface area contributed by atoms with Crippen LogP contribution in [0, 0.1) is 5.82 Å². The van der Waals surface area contributed by atoms with Crippen molar-refractivity contribution in [3.63, 3.8) is 0 Å². The molecule has 45 heavy (non-hydrogen) atoms. The maximum atomic E-state index is 15.3. The number of thiophene rings is 1. The Morgan fingerprint density at radius 3 is 2.58 bits per heavy atom. The van der Waals surface area contributed by atoms with E-state index in [0.717, 1.165) is 67.7 Å². The molecule has 7 rings (SSSR count). The quantitative estimate of drug-likeness (QED) is 0.323. The highest BCUT2D eigenvalue weighted by Gasteiger charge is 2.34. The van der Waals surface area contributed by atoms with Crippen LogP contribution in [-0.2, 0) is 39.3 Å². The minimum atomic E-state index is -0.537. The molecule has 3 aromatic heterocycles. The van der Waals surface area contributed by atoms with Gasteiger partial charge in [-0.2, -0.15) is 0 Å². The Balaban J connectivity index is 1.20. The van der Waals surface area contributed by atoms with Crippen LogP contribution in [0.2, 0.25) is 0 Å². The number of aromatic nitrogens is 3. The van der Waals surface area contributed by atoms with Gasteiger partial charge in [0.1, 0.15) is 11.5 Å². The summed E-state index contributed by atoms with van der Waals surface area (Å²) in [7, 11) is 3.78. The fourth-order valence-electron chi connectivity index (χ4n) is 7.21. The smallest absolute Gasteiger partial charge is 0.272 e. The zero-order chi connectivity index (χ0) is 31.2. The first-order chi connectivity index (χ1) is 21.8. The summed E-state index contributed by atoms with van der Waals surface area (Å²) in [6, 6.07) is 6.70. The van der Waals surface area contributed by atoms with E-state index in [9.17, 15) is 14.7 Å². The molecule has 3 aliphatic rings. The van der Waals surface area contributed by atoms with Crippen LogP contribution in [-0.4, -0.2) is 57.1 Å². The topological polar surface area (TPSA) is 91.6 Å². The van der Waals surface area contributed by atoms with Gasteiger partial charge in [-0.1, -0.05) is 6.07 Å². The summed E-state index contributed by atoms with van der Waals surface area (Å²) >= 11 is 1.57. The van der Waals surface area contributed by atoms with E-state index in [1.54, 1.807) is 29.5 Å². The highest BCUT2D eigenvalue weighted by atomic mass is 32.1. The van der Waals surface area contributed by atoms with Crippen molar-refractivity contribution < 1.29 is 14.3 Å². The van der Waals surface area contributed by atoms with Crippen LogP contribution >= 0.6 is 11.3 Å². The Labute approximate surface area is 266 Å². The zero-order valence-corrected chi connectivity index (χ0v) is 26.6. The third-order valence-electron chi connectivity index (χ3n) is 9.75. The Morgan fingerprint density at radius 2 is 1.82 bits per heavy atom. The number of hydrogen-bond donors (Lipinski definition) is 1. The summed E-state index contributed by atoms with van der Waals surface area (Å²) in [5, 5.41) is 10.6. The van der Waals surface area contributed by atoms with Gasteiger partial charge in [-0.3, -0.25) is 14.6 Å². The number of likely N-dealkylation sites (tertiary alicyclic amines) is 1. The van der Waals surface area contributed by atoms with E-state index >= 15 is 4.39 Å². The highest BCUT2D eigenvalue weighted by Crippen LogP contribution is 2.40. The molecule has 1 saturated heterocycles. The third-order valence-corrected chi connectivity index (χ3v) is 11.1. The monoisotopic (exact) mass is 627 g/mol. The second kappa shape index (κ2) is 12.2. The van der Waals surface area contributed by atoms with Gasteiger partial charge in [0.15, 0.2) is 0 Å². The van der Waals surface area contributed by atoms with Crippen molar-refractivity contribution in [2.75, 3.05) is 31.6 Å². The lowest BCUT2D eigenvalue weighted by atomic mass is 9.90. The second-order valence-electron chi connectivity index (χ2n) is 12.7. The first-order valence-corrected chi connectivity index (χ1v) is 16.7. The Kier molecular flexibility index (Phi) is 8.14. The van der Waals surface area contributed by atoms with E-state index in [1.807, 2.05) is 12.3 Å². The van der Waals surface area contributed by atoms with Gasteiger partial charge < -0.3 is 19.5 Å². The van der Waals surface area contributed by atoms with E-state index in [4.69, 9.17) is 4.98 Å². The third kappa shape index (κ3) is 5.64. The molecule has 1 fully saturated rings. The number of hydrogen-bond acceptors (Lipinski definition) is 7. The van der Waals surface area contributed by atoms with Crippen molar-refractivity contribution in [1.29, 1.82) is 0 Å². The molecule has 0 unspecified atom stereocenters. The number of carbonyl (C=O) groups is 1. The van der Waals surface area contributed by atoms with Gasteiger partial charge in [0, 0.05) is 54.1 Å². The van der Waals surface area contributed by atoms with Gasteiger partial charge in [-0.05, 0) is 106 Å². The van der Waals surface area contributed by atoms with Crippen LogP contribution in [0.3, 0.4) is 0 Å². The van der Waals surface area contributed by atoms with E-state index in [0.29, 0.717) is 41.4 Å². The normalized spacial score (nSPS) is 17.4. The van der Waals surface area contributed by atoms with Gasteiger partial charge in [-0.25, -0.2) is 9.37 Å². The number of benzene rings is 1. The molecule has 2 aliphatic heterocycles. The van der Waals surface area contributed by atoms with E-state index in [-0.39, 0.29) is 23.6 Å². The standard InChI is InChI=1S/C35H38FN5O3S/c1-39-12-9-21(10-13-39)22-7-8-24(37-18-22)17-29-34(43)40(2)19-30(38-29)27-15-23(36)16-31(28(27)20-42)41-14-11-26-25-5-3-4-6-32(25)45-33(26)35(41)44/h7-8,15-16,18-19,21,42H,3-6,9-14,17,20H2,1-2H3. The minimum Gasteiger partial charge on any atom is -0.392 e. The van der Waals surface area contributed by atoms with Crippen molar-refractivity contribution >= 4 is 22.9 Å². The molecule has 1 aliphatic carbocycles. The lowest BCUT2D eigenvalue weighted by Crippen LogP contribution is -2.37. The fourth-order valence-corrected chi connectivity index (χ4v) is 8.60. The van der Waals surface area contributed by atoms with Crippen LogP contribution in [0.5, 0.6) is 0 Å². The number of amides is 1. The second-order valence-corrected chi connectivity index (χ2v) is 13.8. The fraction of sp³-hybridized carbons (Fsp3) is 0.429. The summed E-state index contributed by atoms with van der Waals surface area (Å²) < 4.78 is 16.7. The molecule has 5 heterocycles. The molecule has 1 N–H and O–H groups in total. The van der Waals surface area contributed by atoms with Gasteiger partial charge in [0.25, 0.3) is 11.5 Å². The number of halogens is 1. The van der Waals surface area contributed by atoms with Gasteiger partial charge in [0.05, 0.1) is 22.9 Å². The number of aryl methyl sites for hydroxylation is 2. The summed E-state index contributed by atoms with van der Waals surface area (Å²) in [5.74, 6) is -0.199. The molecule has 0 bridgehead atoms. The van der Waals surface area contributed by atoms with E-state index in [1.165, 1.54) is 32.7 Å². The highest BCUT2D eigenvalue weighted by molar-refractivity contribution is 7.14. The number of anilines is 1. The largest absolute Gasteiger partial charge is 0.392 e.